The lowest BCUT2D eigenvalue weighted by atomic mass is 10.1. The van der Waals surface area contributed by atoms with Gasteiger partial charge < -0.3 is 20.1 Å². The maximum atomic E-state index is 11.7. The third-order valence-electron chi connectivity index (χ3n) is 3.59. The van der Waals surface area contributed by atoms with Crippen LogP contribution in [0.3, 0.4) is 0 Å². The van der Waals surface area contributed by atoms with Crippen molar-refractivity contribution in [2.75, 3.05) is 26.7 Å². The molecule has 0 atom stereocenters. The Morgan fingerprint density at radius 2 is 1.75 bits per heavy atom. The molecule has 0 saturated heterocycles. The number of hydrogen-bond acceptors (Lipinski definition) is 4. The highest BCUT2D eigenvalue weighted by Crippen LogP contribution is 2.19. The second-order valence-corrected chi connectivity index (χ2v) is 6.92. The molecule has 1 fully saturated rings. The third kappa shape index (κ3) is 11.9. The van der Waals surface area contributed by atoms with Gasteiger partial charge in [-0.3, -0.25) is 9.79 Å². The topological polar surface area (TPSA) is 72.0 Å². The van der Waals surface area contributed by atoms with Crippen LogP contribution in [0.2, 0.25) is 0 Å². The van der Waals surface area contributed by atoms with Gasteiger partial charge in [-0.15, -0.1) is 24.0 Å². The van der Waals surface area contributed by atoms with Gasteiger partial charge in [0.2, 0.25) is 0 Å². The van der Waals surface area contributed by atoms with Gasteiger partial charge in [0.25, 0.3) is 0 Å². The summed E-state index contributed by atoms with van der Waals surface area (Å²) in [6.45, 7) is 6.97. The van der Waals surface area contributed by atoms with Gasteiger partial charge in [0.05, 0.1) is 12.7 Å². The van der Waals surface area contributed by atoms with E-state index in [1.165, 1.54) is 38.5 Å². The molecule has 1 saturated carbocycles. The van der Waals surface area contributed by atoms with Crippen LogP contribution in [0.4, 0.5) is 0 Å². The number of rotatable bonds is 6. The third-order valence-corrected chi connectivity index (χ3v) is 3.59. The molecule has 0 amide bonds. The molecule has 7 heteroatoms. The monoisotopic (exact) mass is 455 g/mol. The second kappa shape index (κ2) is 12.7. The van der Waals surface area contributed by atoms with Crippen molar-refractivity contribution in [1.29, 1.82) is 0 Å². The van der Waals surface area contributed by atoms with Crippen LogP contribution in [0, 0.1) is 0 Å². The van der Waals surface area contributed by atoms with Crippen LogP contribution in [0.15, 0.2) is 4.99 Å². The molecule has 0 spiro atoms. The molecule has 0 aliphatic heterocycles. The zero-order valence-electron chi connectivity index (χ0n) is 15.5. The standard InChI is InChI=1S/C17H33N3O3.HI/c1-17(2,3)23-15(21)13-20-16(18-4)19-11-12-22-14-9-7-5-6-8-10-14;/h14H,5-13H2,1-4H3,(H2,18,19,20);1H. The molecule has 0 aromatic rings. The highest BCUT2D eigenvalue weighted by Gasteiger charge is 2.16. The average molecular weight is 455 g/mol. The molecule has 0 bridgehead atoms. The lowest BCUT2D eigenvalue weighted by Gasteiger charge is -2.20. The number of hydrogen-bond donors (Lipinski definition) is 2. The summed E-state index contributed by atoms with van der Waals surface area (Å²) < 4.78 is 11.2. The van der Waals surface area contributed by atoms with Crippen molar-refractivity contribution in [3.63, 3.8) is 0 Å². The summed E-state index contributed by atoms with van der Waals surface area (Å²) in [5, 5.41) is 6.10. The molecule has 6 nitrogen and oxygen atoms in total. The minimum atomic E-state index is -0.470. The van der Waals surface area contributed by atoms with E-state index in [0.29, 0.717) is 25.2 Å². The lowest BCUT2D eigenvalue weighted by Crippen LogP contribution is -2.42. The van der Waals surface area contributed by atoms with E-state index in [0.717, 1.165) is 0 Å². The zero-order valence-corrected chi connectivity index (χ0v) is 17.9. The number of ether oxygens (including phenoxy) is 2. The Hall–Kier alpha value is -0.570. The molecular formula is C17H34IN3O3. The normalized spacial score (nSPS) is 16.8. The van der Waals surface area contributed by atoms with Gasteiger partial charge in [-0.2, -0.15) is 0 Å². The first kappa shape index (κ1) is 23.4. The fraction of sp³-hybridized carbons (Fsp3) is 0.882. The molecule has 1 aliphatic carbocycles. The summed E-state index contributed by atoms with van der Waals surface area (Å²) in [6, 6.07) is 0. The van der Waals surface area contributed by atoms with E-state index < -0.39 is 5.60 Å². The molecule has 1 aliphatic rings. The summed E-state index contributed by atoms with van der Waals surface area (Å²) in [5.74, 6) is 0.287. The smallest absolute Gasteiger partial charge is 0.325 e. The minimum absolute atomic E-state index is 0. The van der Waals surface area contributed by atoms with E-state index in [1.54, 1.807) is 7.05 Å². The number of carbonyl (C=O) groups is 1. The van der Waals surface area contributed by atoms with Crippen LogP contribution in [0.25, 0.3) is 0 Å². The first-order chi connectivity index (χ1) is 10.9. The summed E-state index contributed by atoms with van der Waals surface area (Å²) in [7, 11) is 1.68. The Bertz CT molecular complexity index is 376. The van der Waals surface area contributed by atoms with E-state index in [2.05, 4.69) is 15.6 Å². The van der Waals surface area contributed by atoms with Gasteiger partial charge in [0.1, 0.15) is 12.1 Å². The number of aliphatic imine (C=N–C) groups is 1. The van der Waals surface area contributed by atoms with Gasteiger partial charge in [-0.1, -0.05) is 25.7 Å². The number of halogens is 1. The molecule has 142 valence electrons. The van der Waals surface area contributed by atoms with Crippen molar-refractivity contribution in [3.05, 3.63) is 0 Å². The number of nitrogens with zero attached hydrogens (tertiary/aromatic N) is 1. The number of guanidine groups is 1. The zero-order chi connectivity index (χ0) is 17.1. The highest BCUT2D eigenvalue weighted by atomic mass is 127. The second-order valence-electron chi connectivity index (χ2n) is 6.92. The van der Waals surface area contributed by atoms with E-state index in [-0.39, 0.29) is 36.5 Å². The molecule has 24 heavy (non-hydrogen) atoms. The Balaban J connectivity index is 0.00000529. The SMILES string of the molecule is CN=C(NCCOC1CCCCCC1)NCC(=O)OC(C)(C)C.I. The molecule has 0 radical (unpaired) electrons. The van der Waals surface area contributed by atoms with Crippen molar-refractivity contribution in [2.45, 2.75) is 71.0 Å². The van der Waals surface area contributed by atoms with Gasteiger partial charge in [-0.05, 0) is 33.6 Å². The number of nitrogens with one attached hydrogen (secondary N) is 2. The fourth-order valence-electron chi connectivity index (χ4n) is 2.56. The first-order valence-electron chi connectivity index (χ1n) is 8.68. The van der Waals surface area contributed by atoms with E-state index >= 15 is 0 Å². The van der Waals surface area contributed by atoms with Gasteiger partial charge in [-0.25, -0.2) is 0 Å². The fourth-order valence-corrected chi connectivity index (χ4v) is 2.56. The average Bonchev–Trinajstić information content (AvgIpc) is 2.73. The molecular weight excluding hydrogens is 421 g/mol. The van der Waals surface area contributed by atoms with Crippen molar-refractivity contribution >= 4 is 35.9 Å². The quantitative estimate of drug-likeness (QED) is 0.161. The maximum Gasteiger partial charge on any atom is 0.325 e. The molecule has 2 N–H and O–H groups in total. The number of carbonyl (C=O) groups excluding carboxylic acids is 1. The van der Waals surface area contributed by atoms with Crippen LogP contribution in [0.1, 0.15) is 59.3 Å². The predicted molar refractivity (Wildman–Crippen MR) is 108 cm³/mol. The van der Waals surface area contributed by atoms with Crippen LogP contribution in [0.5, 0.6) is 0 Å². The summed E-state index contributed by atoms with van der Waals surface area (Å²) in [4.78, 5) is 15.7. The Kier molecular flexibility index (Phi) is 12.4. The van der Waals surface area contributed by atoms with E-state index in [9.17, 15) is 4.79 Å². The Morgan fingerprint density at radius 1 is 1.12 bits per heavy atom. The largest absolute Gasteiger partial charge is 0.459 e. The Labute approximate surface area is 163 Å². The molecule has 0 aromatic carbocycles. The van der Waals surface area contributed by atoms with Gasteiger partial charge in [0.15, 0.2) is 5.96 Å². The summed E-state index contributed by atoms with van der Waals surface area (Å²) >= 11 is 0. The van der Waals surface area contributed by atoms with Crippen molar-refractivity contribution in [1.82, 2.24) is 10.6 Å². The van der Waals surface area contributed by atoms with Crippen molar-refractivity contribution in [2.24, 2.45) is 4.99 Å². The molecule has 0 heterocycles. The van der Waals surface area contributed by atoms with Crippen molar-refractivity contribution < 1.29 is 14.3 Å². The maximum absolute atomic E-state index is 11.7. The van der Waals surface area contributed by atoms with Crippen LogP contribution in [-0.4, -0.2) is 50.4 Å². The van der Waals surface area contributed by atoms with Crippen LogP contribution >= 0.6 is 24.0 Å². The van der Waals surface area contributed by atoms with E-state index in [4.69, 9.17) is 9.47 Å². The Morgan fingerprint density at radius 3 is 2.29 bits per heavy atom. The first-order valence-corrected chi connectivity index (χ1v) is 8.68. The predicted octanol–water partition coefficient (Wildman–Crippen LogP) is 2.85. The molecule has 0 unspecified atom stereocenters. The van der Waals surface area contributed by atoms with E-state index in [1.807, 2.05) is 20.8 Å². The van der Waals surface area contributed by atoms with Crippen LogP contribution in [-0.2, 0) is 14.3 Å². The van der Waals surface area contributed by atoms with Gasteiger partial charge >= 0.3 is 5.97 Å². The van der Waals surface area contributed by atoms with Crippen LogP contribution < -0.4 is 10.6 Å². The van der Waals surface area contributed by atoms with Gasteiger partial charge in [0, 0.05) is 13.6 Å². The number of esters is 1. The van der Waals surface area contributed by atoms with Crippen molar-refractivity contribution in [3.8, 4) is 0 Å². The lowest BCUT2D eigenvalue weighted by molar-refractivity contribution is -0.153. The molecule has 0 aromatic heterocycles. The summed E-state index contributed by atoms with van der Waals surface area (Å²) in [5.41, 5.74) is -0.470. The summed E-state index contributed by atoms with van der Waals surface area (Å²) in [6.07, 6.45) is 7.96. The molecule has 1 rings (SSSR count). The highest BCUT2D eigenvalue weighted by molar-refractivity contribution is 14.0. The minimum Gasteiger partial charge on any atom is -0.459 e.